The number of ether oxygens (including phenoxy) is 1. The van der Waals surface area contributed by atoms with Crippen LogP contribution in [0.15, 0.2) is 54.7 Å². The van der Waals surface area contributed by atoms with Gasteiger partial charge >= 0.3 is 0 Å². The molecular formula is C26H29ClN4O2. The van der Waals surface area contributed by atoms with Crippen LogP contribution in [-0.4, -0.2) is 52.8 Å². The smallest absolute Gasteiger partial charge is 0.224 e. The van der Waals surface area contributed by atoms with E-state index >= 15 is 0 Å². The number of phenols is 1. The van der Waals surface area contributed by atoms with Gasteiger partial charge < -0.3 is 14.7 Å². The number of hydrogen-bond acceptors (Lipinski definition) is 6. The Hall–Kier alpha value is -2.83. The van der Waals surface area contributed by atoms with Crippen LogP contribution in [0.2, 0.25) is 5.28 Å². The molecule has 2 aliphatic rings. The summed E-state index contributed by atoms with van der Waals surface area (Å²) in [5.74, 6) is 1.95. The van der Waals surface area contributed by atoms with Gasteiger partial charge in [0, 0.05) is 19.3 Å². The number of fused-ring (bicyclic) bond motifs is 1. The van der Waals surface area contributed by atoms with Crippen LogP contribution >= 0.6 is 11.6 Å². The third kappa shape index (κ3) is 5.07. The van der Waals surface area contributed by atoms with E-state index in [1.807, 2.05) is 30.3 Å². The molecule has 1 N–H and O–H groups in total. The normalized spacial score (nSPS) is 18.7. The van der Waals surface area contributed by atoms with E-state index in [-0.39, 0.29) is 11.3 Å². The minimum Gasteiger partial charge on any atom is -0.508 e. The molecule has 7 heteroatoms. The largest absolute Gasteiger partial charge is 0.508 e. The van der Waals surface area contributed by atoms with Crippen molar-refractivity contribution in [1.29, 1.82) is 0 Å². The Morgan fingerprint density at radius 2 is 1.91 bits per heavy atom. The Balaban J connectivity index is 1.42. The van der Waals surface area contributed by atoms with Crippen LogP contribution in [0.25, 0.3) is 0 Å². The number of aromatic hydroxyl groups is 1. The van der Waals surface area contributed by atoms with E-state index in [0.29, 0.717) is 12.4 Å². The van der Waals surface area contributed by atoms with Gasteiger partial charge in [-0.1, -0.05) is 24.6 Å². The summed E-state index contributed by atoms with van der Waals surface area (Å²) in [7, 11) is 0. The van der Waals surface area contributed by atoms with Crippen molar-refractivity contribution >= 4 is 17.4 Å². The number of likely N-dealkylation sites (tertiary alicyclic amines) is 1. The number of benzene rings is 2. The lowest BCUT2D eigenvalue weighted by molar-refractivity contribution is 0.183. The topological polar surface area (TPSA) is 61.7 Å². The Labute approximate surface area is 199 Å². The average molecular weight is 465 g/mol. The number of halogens is 1. The molecule has 0 saturated carbocycles. The van der Waals surface area contributed by atoms with Crippen LogP contribution in [0, 0.1) is 0 Å². The van der Waals surface area contributed by atoms with E-state index in [2.05, 4.69) is 31.9 Å². The molecular weight excluding hydrogens is 436 g/mol. The summed E-state index contributed by atoms with van der Waals surface area (Å²) in [6.45, 7) is 4.75. The Morgan fingerprint density at radius 1 is 1.03 bits per heavy atom. The second-order valence-electron chi connectivity index (χ2n) is 8.74. The number of rotatable bonds is 6. The van der Waals surface area contributed by atoms with Crippen LogP contribution < -0.4 is 9.64 Å². The Kier molecular flexibility index (Phi) is 6.65. The Morgan fingerprint density at radius 3 is 2.76 bits per heavy atom. The van der Waals surface area contributed by atoms with E-state index < -0.39 is 0 Å². The highest BCUT2D eigenvalue weighted by Crippen LogP contribution is 2.39. The van der Waals surface area contributed by atoms with Crippen LogP contribution in [0.4, 0.5) is 5.82 Å². The maximum Gasteiger partial charge on any atom is 0.224 e. The molecule has 1 fully saturated rings. The summed E-state index contributed by atoms with van der Waals surface area (Å²) >= 11 is 6.12. The van der Waals surface area contributed by atoms with Crippen LogP contribution in [0.5, 0.6) is 11.5 Å². The predicted octanol–water partition coefficient (Wildman–Crippen LogP) is 4.85. The highest BCUT2D eigenvalue weighted by Gasteiger charge is 2.30. The van der Waals surface area contributed by atoms with Crippen molar-refractivity contribution in [1.82, 2.24) is 14.9 Å². The molecule has 1 unspecified atom stereocenters. The van der Waals surface area contributed by atoms with Crippen LogP contribution in [-0.2, 0) is 6.42 Å². The van der Waals surface area contributed by atoms with Gasteiger partial charge in [-0.25, -0.2) is 9.97 Å². The standard InChI is InChI=1S/C26H29ClN4O2/c27-26-28-11-9-24(29-26)31-14-10-19-17-21(32)7-8-23(19)25(31)20-5-4-6-22(18-20)33-16-15-30-12-2-1-3-13-30/h4-9,11,17-18,25,32H,1-3,10,12-16H2. The van der Waals surface area contributed by atoms with Gasteiger partial charge in [0.2, 0.25) is 5.28 Å². The Bertz CT molecular complexity index is 1100. The lowest BCUT2D eigenvalue weighted by Crippen LogP contribution is -2.36. The second kappa shape index (κ2) is 9.98. The molecule has 1 aromatic heterocycles. The zero-order valence-corrected chi connectivity index (χ0v) is 19.4. The number of phenolic OH excluding ortho intramolecular Hbond substituents is 1. The van der Waals surface area contributed by atoms with Crippen molar-refractivity contribution in [2.45, 2.75) is 31.7 Å². The zero-order valence-electron chi connectivity index (χ0n) is 18.7. The molecule has 33 heavy (non-hydrogen) atoms. The first kappa shape index (κ1) is 22.0. The molecule has 3 heterocycles. The molecule has 3 aromatic rings. The van der Waals surface area contributed by atoms with Crippen LogP contribution in [0.3, 0.4) is 0 Å². The van der Waals surface area contributed by atoms with E-state index in [1.165, 1.54) is 32.4 Å². The lowest BCUT2D eigenvalue weighted by atomic mass is 9.88. The molecule has 0 bridgehead atoms. The van der Waals surface area contributed by atoms with E-state index in [4.69, 9.17) is 16.3 Å². The molecule has 2 aliphatic heterocycles. The van der Waals surface area contributed by atoms with Gasteiger partial charge in [-0.05, 0) is 91.0 Å². The number of anilines is 1. The van der Waals surface area contributed by atoms with Gasteiger partial charge in [0.1, 0.15) is 23.9 Å². The van der Waals surface area contributed by atoms with Gasteiger partial charge in [-0.15, -0.1) is 0 Å². The minimum absolute atomic E-state index is 0.0639. The summed E-state index contributed by atoms with van der Waals surface area (Å²) in [6.07, 6.45) is 6.42. The molecule has 172 valence electrons. The van der Waals surface area contributed by atoms with Crippen molar-refractivity contribution in [3.05, 3.63) is 76.7 Å². The van der Waals surface area contributed by atoms with E-state index in [1.54, 1.807) is 12.3 Å². The first-order valence-corrected chi connectivity index (χ1v) is 12.1. The highest BCUT2D eigenvalue weighted by atomic mass is 35.5. The van der Waals surface area contributed by atoms with Gasteiger partial charge in [-0.2, -0.15) is 0 Å². The summed E-state index contributed by atoms with van der Waals surface area (Å²) in [6, 6.07) is 15.8. The lowest BCUT2D eigenvalue weighted by Gasteiger charge is -2.38. The average Bonchev–Trinajstić information content (AvgIpc) is 2.84. The van der Waals surface area contributed by atoms with E-state index in [9.17, 15) is 5.11 Å². The SMILES string of the molecule is Oc1ccc2c(c1)CCN(c1ccnc(Cl)n1)C2c1cccc(OCCN2CCCCC2)c1. The van der Waals surface area contributed by atoms with Gasteiger partial charge in [0.15, 0.2) is 0 Å². The number of nitrogens with zero attached hydrogens (tertiary/aromatic N) is 4. The fourth-order valence-corrected chi connectivity index (χ4v) is 5.10. The zero-order chi connectivity index (χ0) is 22.6. The molecule has 0 aliphatic carbocycles. The number of piperidine rings is 1. The third-order valence-electron chi connectivity index (χ3n) is 6.56. The molecule has 0 spiro atoms. The predicted molar refractivity (Wildman–Crippen MR) is 130 cm³/mol. The van der Waals surface area contributed by atoms with Crippen molar-refractivity contribution in [3.8, 4) is 11.5 Å². The summed E-state index contributed by atoms with van der Waals surface area (Å²) in [5.41, 5.74) is 3.42. The molecule has 1 saturated heterocycles. The highest BCUT2D eigenvalue weighted by molar-refractivity contribution is 6.28. The first-order valence-electron chi connectivity index (χ1n) is 11.7. The maximum absolute atomic E-state index is 10.0. The van der Waals surface area contributed by atoms with Crippen molar-refractivity contribution in [2.75, 3.05) is 37.7 Å². The number of hydrogen-bond donors (Lipinski definition) is 1. The monoisotopic (exact) mass is 464 g/mol. The van der Waals surface area contributed by atoms with Gasteiger partial charge in [0.05, 0.1) is 6.04 Å². The summed E-state index contributed by atoms with van der Waals surface area (Å²) < 4.78 is 6.16. The molecule has 1 atom stereocenters. The summed E-state index contributed by atoms with van der Waals surface area (Å²) in [4.78, 5) is 13.3. The fraction of sp³-hybridized carbons (Fsp3) is 0.385. The third-order valence-corrected chi connectivity index (χ3v) is 6.74. The number of aromatic nitrogens is 2. The van der Waals surface area contributed by atoms with Crippen molar-refractivity contribution in [2.24, 2.45) is 0 Å². The fourth-order valence-electron chi connectivity index (χ4n) is 4.96. The van der Waals surface area contributed by atoms with Crippen molar-refractivity contribution < 1.29 is 9.84 Å². The summed E-state index contributed by atoms with van der Waals surface area (Å²) in [5, 5.41) is 10.3. The minimum atomic E-state index is -0.0639. The maximum atomic E-state index is 10.0. The molecule has 6 nitrogen and oxygen atoms in total. The molecule has 5 rings (SSSR count). The molecule has 0 amide bonds. The second-order valence-corrected chi connectivity index (χ2v) is 9.07. The van der Waals surface area contributed by atoms with Gasteiger partial charge in [0.25, 0.3) is 0 Å². The van der Waals surface area contributed by atoms with Crippen LogP contribution in [0.1, 0.15) is 42.0 Å². The van der Waals surface area contributed by atoms with Gasteiger partial charge in [-0.3, -0.25) is 4.90 Å². The molecule has 2 aromatic carbocycles. The first-order chi connectivity index (χ1) is 16.2. The molecule has 0 radical (unpaired) electrons. The quantitative estimate of drug-likeness (QED) is 0.526. The van der Waals surface area contributed by atoms with E-state index in [0.717, 1.165) is 47.8 Å². The van der Waals surface area contributed by atoms with Crippen molar-refractivity contribution in [3.63, 3.8) is 0 Å².